The highest BCUT2D eigenvalue weighted by molar-refractivity contribution is 6.30. The van der Waals surface area contributed by atoms with Gasteiger partial charge in [-0.2, -0.15) is 0 Å². The summed E-state index contributed by atoms with van der Waals surface area (Å²) in [5.74, 6) is 0.525. The largest absolute Gasteiger partial charge is 0.484 e. The fourth-order valence-electron chi connectivity index (χ4n) is 6.11. The zero-order valence-electron chi connectivity index (χ0n) is 24.0. The van der Waals surface area contributed by atoms with Gasteiger partial charge in [0.15, 0.2) is 6.61 Å². The molecule has 0 spiro atoms. The number of anilines is 1. The number of ether oxygens (including phenoxy) is 1. The lowest BCUT2D eigenvalue weighted by molar-refractivity contribution is -0.135. The molecule has 0 saturated carbocycles. The van der Waals surface area contributed by atoms with Crippen LogP contribution in [0.25, 0.3) is 0 Å². The number of carbonyl (C=O) groups excluding carboxylic acids is 2. The molecule has 2 aliphatic heterocycles. The molecule has 6 nitrogen and oxygen atoms in total. The zero-order valence-corrected chi connectivity index (χ0v) is 24.8. The Morgan fingerprint density at radius 3 is 2.37 bits per heavy atom. The molecule has 216 valence electrons. The van der Waals surface area contributed by atoms with Gasteiger partial charge in [0.1, 0.15) is 5.75 Å². The van der Waals surface area contributed by atoms with E-state index in [9.17, 15) is 9.59 Å². The minimum atomic E-state index is -0.127. The molecule has 1 fully saturated rings. The molecule has 2 atom stereocenters. The Hall–Kier alpha value is -3.35. The molecule has 5 rings (SSSR count). The van der Waals surface area contributed by atoms with Crippen LogP contribution >= 0.6 is 11.6 Å². The maximum atomic E-state index is 13.8. The number of rotatable bonds is 6. The van der Waals surface area contributed by atoms with Crippen LogP contribution in [0.1, 0.15) is 50.7 Å². The molecule has 2 unspecified atom stereocenters. The predicted octanol–water partition coefficient (Wildman–Crippen LogP) is 6.56. The van der Waals surface area contributed by atoms with Gasteiger partial charge in [-0.15, -0.1) is 0 Å². The van der Waals surface area contributed by atoms with E-state index in [1.54, 1.807) is 24.3 Å². The number of benzene rings is 3. The normalized spacial score (nSPS) is 19.8. The van der Waals surface area contributed by atoms with Crippen LogP contribution in [0.15, 0.2) is 78.9 Å². The van der Waals surface area contributed by atoms with Crippen LogP contribution in [0.4, 0.5) is 5.69 Å². The number of amides is 2. The molecule has 0 radical (unpaired) electrons. The van der Waals surface area contributed by atoms with Gasteiger partial charge in [-0.3, -0.25) is 14.5 Å². The van der Waals surface area contributed by atoms with Gasteiger partial charge in [0.2, 0.25) is 5.91 Å². The van der Waals surface area contributed by atoms with Crippen molar-refractivity contribution in [3.8, 4) is 5.75 Å². The lowest BCUT2D eigenvalue weighted by Gasteiger charge is -2.44. The molecule has 2 amide bonds. The minimum absolute atomic E-state index is 0.0622. The van der Waals surface area contributed by atoms with E-state index in [-0.39, 0.29) is 30.4 Å². The fraction of sp³-hybridized carbons (Fsp3) is 0.412. The van der Waals surface area contributed by atoms with E-state index in [4.69, 9.17) is 16.3 Å². The first kappa shape index (κ1) is 29.2. The molecule has 1 saturated heterocycles. The van der Waals surface area contributed by atoms with E-state index in [1.165, 1.54) is 5.56 Å². The summed E-state index contributed by atoms with van der Waals surface area (Å²) < 4.78 is 5.91. The smallest absolute Gasteiger partial charge is 0.260 e. The van der Waals surface area contributed by atoms with Gasteiger partial charge < -0.3 is 14.5 Å². The number of nitrogens with zero attached hydrogens (tertiary/aromatic N) is 3. The van der Waals surface area contributed by atoms with E-state index >= 15 is 0 Å². The quantitative estimate of drug-likeness (QED) is 0.335. The van der Waals surface area contributed by atoms with Gasteiger partial charge >= 0.3 is 0 Å². The average molecular weight is 574 g/mol. The first-order valence-electron chi connectivity index (χ1n) is 14.7. The Kier molecular flexibility index (Phi) is 9.63. The van der Waals surface area contributed by atoms with Crippen LogP contribution in [0.5, 0.6) is 5.75 Å². The number of hydrogen-bond donors (Lipinski definition) is 0. The maximum Gasteiger partial charge on any atom is 0.260 e. The van der Waals surface area contributed by atoms with Gasteiger partial charge in [-0.05, 0) is 60.7 Å². The van der Waals surface area contributed by atoms with Crippen molar-refractivity contribution in [2.24, 2.45) is 5.92 Å². The van der Waals surface area contributed by atoms with Gasteiger partial charge in [0, 0.05) is 54.9 Å². The highest BCUT2D eigenvalue weighted by Crippen LogP contribution is 2.32. The van der Waals surface area contributed by atoms with Gasteiger partial charge in [-0.25, -0.2) is 0 Å². The molecule has 7 heteroatoms. The molecule has 2 aliphatic rings. The monoisotopic (exact) mass is 573 g/mol. The van der Waals surface area contributed by atoms with Crippen molar-refractivity contribution >= 4 is 29.1 Å². The molecular formula is C34H40ClN3O3. The third-order valence-corrected chi connectivity index (χ3v) is 8.52. The Balaban J connectivity index is 1.49. The summed E-state index contributed by atoms with van der Waals surface area (Å²) in [5.41, 5.74) is 3.14. The maximum absolute atomic E-state index is 13.8. The second-order valence-electron chi connectivity index (χ2n) is 11.5. The Morgan fingerprint density at radius 1 is 0.902 bits per heavy atom. The highest BCUT2D eigenvalue weighted by Gasteiger charge is 2.35. The van der Waals surface area contributed by atoms with Crippen LogP contribution < -0.4 is 9.64 Å². The number of para-hydroxylation sites is 1. The summed E-state index contributed by atoms with van der Waals surface area (Å²) >= 11 is 6.03. The second kappa shape index (κ2) is 13.5. The lowest BCUT2D eigenvalue weighted by Crippen LogP contribution is -2.52. The fourth-order valence-corrected chi connectivity index (χ4v) is 6.23. The summed E-state index contributed by atoms with van der Waals surface area (Å²) in [7, 11) is 0. The second-order valence-corrected chi connectivity index (χ2v) is 11.9. The minimum Gasteiger partial charge on any atom is -0.484 e. The molecule has 0 N–H and O–H groups in total. The number of piperidine rings is 1. The zero-order chi connectivity index (χ0) is 28.8. The molecule has 2 heterocycles. The number of halogens is 1. The SMILES string of the molecule is CC(C)C(=O)N1CCC2CCCC(CN(C(=O)COc3ccc(Cl)cc3)Cc3ccccc31)N2Cc1ccccc1. The van der Waals surface area contributed by atoms with Crippen LogP contribution in [-0.4, -0.2) is 53.4 Å². The first-order valence-corrected chi connectivity index (χ1v) is 15.1. The van der Waals surface area contributed by atoms with Gasteiger partial charge in [0.25, 0.3) is 5.91 Å². The van der Waals surface area contributed by atoms with Crippen LogP contribution in [0.3, 0.4) is 0 Å². The van der Waals surface area contributed by atoms with Gasteiger partial charge in [0.05, 0.1) is 0 Å². The summed E-state index contributed by atoms with van der Waals surface area (Å²) in [5, 5.41) is 0.623. The summed E-state index contributed by atoms with van der Waals surface area (Å²) in [6, 6.07) is 26.2. The topological polar surface area (TPSA) is 53.1 Å². The van der Waals surface area contributed by atoms with E-state index in [1.807, 2.05) is 54.0 Å². The number of carbonyl (C=O) groups is 2. The van der Waals surface area contributed by atoms with Crippen LogP contribution in [0.2, 0.25) is 5.02 Å². The van der Waals surface area contributed by atoms with E-state index in [2.05, 4.69) is 29.2 Å². The van der Waals surface area contributed by atoms with Crippen molar-refractivity contribution in [3.05, 3.63) is 95.0 Å². The molecular weight excluding hydrogens is 534 g/mol. The number of hydrogen-bond acceptors (Lipinski definition) is 4. The van der Waals surface area contributed by atoms with Crippen LogP contribution in [0, 0.1) is 5.92 Å². The Bertz CT molecular complexity index is 1310. The molecule has 0 aromatic heterocycles. The van der Waals surface area contributed by atoms with Crippen LogP contribution in [-0.2, 0) is 22.7 Å². The average Bonchev–Trinajstić information content (AvgIpc) is 2.99. The number of fused-ring (bicyclic) bond motifs is 3. The molecule has 41 heavy (non-hydrogen) atoms. The molecule has 0 aliphatic carbocycles. The molecule has 3 aromatic rings. The van der Waals surface area contributed by atoms with Crippen molar-refractivity contribution in [1.82, 2.24) is 9.80 Å². The Labute approximate surface area is 248 Å². The van der Waals surface area contributed by atoms with Crippen molar-refractivity contribution in [2.75, 3.05) is 24.6 Å². The highest BCUT2D eigenvalue weighted by atomic mass is 35.5. The van der Waals surface area contributed by atoms with Crippen molar-refractivity contribution < 1.29 is 14.3 Å². The van der Waals surface area contributed by atoms with E-state index < -0.39 is 0 Å². The third-order valence-electron chi connectivity index (χ3n) is 8.27. The molecule has 3 aromatic carbocycles. The van der Waals surface area contributed by atoms with Crippen molar-refractivity contribution in [3.63, 3.8) is 0 Å². The summed E-state index contributed by atoms with van der Waals surface area (Å²) in [4.78, 5) is 33.9. The molecule has 2 bridgehead atoms. The lowest BCUT2D eigenvalue weighted by atomic mass is 9.92. The van der Waals surface area contributed by atoms with E-state index in [0.29, 0.717) is 36.4 Å². The van der Waals surface area contributed by atoms with Crippen molar-refractivity contribution in [1.29, 1.82) is 0 Å². The predicted molar refractivity (Wildman–Crippen MR) is 164 cm³/mol. The third kappa shape index (κ3) is 7.30. The van der Waals surface area contributed by atoms with Gasteiger partial charge in [-0.1, -0.05) is 80.4 Å². The van der Waals surface area contributed by atoms with E-state index in [0.717, 1.165) is 43.5 Å². The summed E-state index contributed by atoms with van der Waals surface area (Å²) in [6.45, 7) is 6.36. The van der Waals surface area contributed by atoms with Crippen molar-refractivity contribution in [2.45, 2.75) is 64.7 Å². The standard InChI is InChI=1S/C34H40ClN3O3/c1-25(2)34(40)37-20-19-29-12-8-13-30(38(29)21-26-9-4-3-5-10-26)23-36(22-27-11-6-7-14-32(27)37)33(39)24-41-31-17-15-28(35)16-18-31/h3-7,9-11,14-18,25,29-30H,8,12-13,19-24H2,1-2H3. The first-order chi connectivity index (χ1) is 19.9. The summed E-state index contributed by atoms with van der Waals surface area (Å²) in [6.07, 6.45) is 4.11. The Morgan fingerprint density at radius 2 is 1.61 bits per heavy atom.